The molecule has 0 spiro atoms. The van der Waals surface area contributed by atoms with Gasteiger partial charge in [-0.25, -0.2) is 4.98 Å². The van der Waals surface area contributed by atoms with E-state index in [9.17, 15) is 4.79 Å². The molecule has 4 aromatic rings. The monoisotopic (exact) mass is 465 g/mol. The molecule has 4 heterocycles. The lowest BCUT2D eigenvalue weighted by Crippen LogP contribution is -2.44. The molecule has 0 aliphatic carbocycles. The molecule has 172 valence electrons. The van der Waals surface area contributed by atoms with Gasteiger partial charge in [0.2, 0.25) is 11.8 Å². The number of hydrogen-bond acceptors (Lipinski definition) is 8. The third-order valence-corrected chi connectivity index (χ3v) is 7.09. The van der Waals surface area contributed by atoms with Crippen LogP contribution < -0.4 is 0 Å². The second-order valence-electron chi connectivity index (χ2n) is 8.39. The minimum Gasteiger partial charge on any atom is -0.459 e. The molecule has 1 amide bonds. The molecule has 0 bridgehead atoms. The summed E-state index contributed by atoms with van der Waals surface area (Å²) in [6.07, 6.45) is 4.57. The first-order valence-corrected chi connectivity index (χ1v) is 12.2. The van der Waals surface area contributed by atoms with Crippen molar-refractivity contribution in [2.24, 2.45) is 0 Å². The van der Waals surface area contributed by atoms with Gasteiger partial charge in [-0.15, -0.1) is 21.5 Å². The van der Waals surface area contributed by atoms with Crippen LogP contribution in [0.1, 0.15) is 43.0 Å². The number of aromatic nitrogens is 3. The van der Waals surface area contributed by atoms with Crippen molar-refractivity contribution in [3.8, 4) is 11.7 Å². The minimum atomic E-state index is 0.139. The summed E-state index contributed by atoms with van der Waals surface area (Å²) in [7, 11) is 0. The van der Waals surface area contributed by atoms with E-state index in [0.717, 1.165) is 49.4 Å². The normalized spacial score (nSPS) is 16.7. The lowest BCUT2D eigenvalue weighted by atomic mass is 9.98. The molecule has 1 aliphatic rings. The molecule has 3 aromatic heterocycles. The van der Waals surface area contributed by atoms with Crippen molar-refractivity contribution in [2.45, 2.75) is 38.6 Å². The predicted molar refractivity (Wildman–Crippen MR) is 126 cm³/mol. The average Bonchev–Trinajstić information content (AvgIpc) is 3.59. The first-order chi connectivity index (χ1) is 16.2. The Hall–Kier alpha value is -3.04. The number of likely N-dealkylation sites (tertiary alicyclic amines) is 1. The van der Waals surface area contributed by atoms with E-state index in [-0.39, 0.29) is 5.91 Å². The van der Waals surface area contributed by atoms with Crippen LogP contribution in [0.25, 0.3) is 21.9 Å². The molecule has 0 saturated carbocycles. The van der Waals surface area contributed by atoms with Gasteiger partial charge in [0.05, 0.1) is 34.6 Å². The number of benzene rings is 1. The predicted octanol–water partition coefficient (Wildman–Crippen LogP) is 4.56. The highest BCUT2D eigenvalue weighted by Gasteiger charge is 2.28. The topological polar surface area (TPSA) is 88.5 Å². The lowest BCUT2D eigenvalue weighted by molar-refractivity contribution is -0.133. The Morgan fingerprint density at radius 1 is 1.24 bits per heavy atom. The number of carbonyl (C=O) groups is 1. The van der Waals surface area contributed by atoms with E-state index in [1.54, 1.807) is 29.7 Å². The Labute approximate surface area is 196 Å². The maximum atomic E-state index is 13.2. The number of hydrogen-bond donors (Lipinski definition) is 0. The molecule has 1 aliphatic heterocycles. The number of fused-ring (bicyclic) bond motifs is 1. The molecule has 8 nitrogen and oxygen atoms in total. The largest absolute Gasteiger partial charge is 0.459 e. The summed E-state index contributed by atoms with van der Waals surface area (Å²) in [5.74, 6) is 1.81. The molecule has 1 aromatic carbocycles. The fourth-order valence-electron chi connectivity index (χ4n) is 4.30. The van der Waals surface area contributed by atoms with Gasteiger partial charge in [0.1, 0.15) is 0 Å². The van der Waals surface area contributed by atoms with Crippen molar-refractivity contribution in [3.05, 3.63) is 53.6 Å². The van der Waals surface area contributed by atoms with Crippen molar-refractivity contribution >= 4 is 27.5 Å². The van der Waals surface area contributed by atoms with E-state index < -0.39 is 0 Å². The van der Waals surface area contributed by atoms with Crippen molar-refractivity contribution < 1.29 is 13.6 Å². The van der Waals surface area contributed by atoms with Crippen LogP contribution in [0.15, 0.2) is 51.5 Å². The van der Waals surface area contributed by atoms with E-state index >= 15 is 0 Å². The summed E-state index contributed by atoms with van der Waals surface area (Å²) >= 11 is 1.75. The fraction of sp³-hybridized carbons (Fsp3) is 0.417. The summed E-state index contributed by atoms with van der Waals surface area (Å²) in [5.41, 5.74) is 1.04. The number of rotatable bonds is 8. The van der Waals surface area contributed by atoms with Crippen molar-refractivity contribution in [1.82, 2.24) is 25.0 Å². The minimum absolute atomic E-state index is 0.139. The van der Waals surface area contributed by atoms with Crippen LogP contribution in [-0.2, 0) is 11.3 Å². The van der Waals surface area contributed by atoms with Crippen LogP contribution in [-0.4, -0.2) is 57.1 Å². The van der Waals surface area contributed by atoms with Gasteiger partial charge in [-0.1, -0.05) is 19.1 Å². The SMILES string of the molecule is CCCN(CC(=O)N1CCC[C@@H](c2nc3ccccc3s2)C1)Cc1nnc(-c2ccco2)o1. The quantitative estimate of drug-likeness (QED) is 0.377. The van der Waals surface area contributed by atoms with Gasteiger partial charge in [0.15, 0.2) is 5.76 Å². The van der Waals surface area contributed by atoms with Crippen LogP contribution in [0.4, 0.5) is 0 Å². The summed E-state index contributed by atoms with van der Waals surface area (Å²) in [4.78, 5) is 22.1. The highest BCUT2D eigenvalue weighted by molar-refractivity contribution is 7.18. The summed E-state index contributed by atoms with van der Waals surface area (Å²) in [5, 5.41) is 9.34. The van der Waals surface area contributed by atoms with Gasteiger partial charge in [-0.3, -0.25) is 9.69 Å². The van der Waals surface area contributed by atoms with Crippen molar-refractivity contribution in [2.75, 3.05) is 26.2 Å². The zero-order chi connectivity index (χ0) is 22.6. The smallest absolute Gasteiger partial charge is 0.283 e. The molecule has 33 heavy (non-hydrogen) atoms. The van der Waals surface area contributed by atoms with Gasteiger partial charge in [-0.2, -0.15) is 0 Å². The van der Waals surface area contributed by atoms with Gasteiger partial charge in [0.25, 0.3) is 5.89 Å². The maximum Gasteiger partial charge on any atom is 0.283 e. The molecule has 0 radical (unpaired) electrons. The Morgan fingerprint density at radius 3 is 2.97 bits per heavy atom. The molecular weight excluding hydrogens is 438 g/mol. The number of nitrogens with zero attached hydrogens (tertiary/aromatic N) is 5. The Kier molecular flexibility index (Phi) is 6.50. The third-order valence-electron chi connectivity index (χ3n) is 5.89. The van der Waals surface area contributed by atoms with E-state index in [1.165, 1.54) is 4.70 Å². The lowest BCUT2D eigenvalue weighted by Gasteiger charge is -2.33. The van der Waals surface area contributed by atoms with E-state index in [1.807, 2.05) is 17.0 Å². The van der Waals surface area contributed by atoms with Crippen LogP contribution in [0, 0.1) is 0 Å². The summed E-state index contributed by atoms with van der Waals surface area (Å²) in [6.45, 7) is 5.16. The second-order valence-corrected chi connectivity index (χ2v) is 9.45. The maximum absolute atomic E-state index is 13.2. The molecular formula is C24H27N5O3S. The number of furan rings is 1. The molecule has 0 unspecified atom stereocenters. The molecule has 0 N–H and O–H groups in total. The van der Waals surface area contributed by atoms with Crippen LogP contribution >= 0.6 is 11.3 Å². The van der Waals surface area contributed by atoms with Gasteiger partial charge >= 0.3 is 0 Å². The highest BCUT2D eigenvalue weighted by Crippen LogP contribution is 2.33. The van der Waals surface area contributed by atoms with Crippen LogP contribution in [0.2, 0.25) is 0 Å². The van der Waals surface area contributed by atoms with E-state index in [0.29, 0.717) is 36.5 Å². The van der Waals surface area contributed by atoms with Crippen LogP contribution in [0.5, 0.6) is 0 Å². The van der Waals surface area contributed by atoms with Crippen LogP contribution in [0.3, 0.4) is 0 Å². The number of amides is 1. The zero-order valence-corrected chi connectivity index (χ0v) is 19.5. The number of piperidine rings is 1. The van der Waals surface area contributed by atoms with Gasteiger partial charge in [-0.05, 0) is 50.1 Å². The average molecular weight is 466 g/mol. The fourth-order valence-corrected chi connectivity index (χ4v) is 5.39. The molecule has 5 rings (SSSR count). The number of thiazole rings is 1. The summed E-state index contributed by atoms with van der Waals surface area (Å²) in [6, 6.07) is 11.8. The Balaban J connectivity index is 1.22. The molecule has 1 atom stereocenters. The van der Waals surface area contributed by atoms with E-state index in [4.69, 9.17) is 13.8 Å². The standard InChI is InChI=1S/C24H27N5O3S/c1-2-11-28(15-21-26-27-23(32-21)19-9-6-13-31-19)16-22(30)29-12-5-7-17(14-29)24-25-18-8-3-4-10-20(18)33-24/h3-4,6,8-10,13,17H,2,5,7,11-12,14-16H2,1H3/t17-/m1/s1. The van der Waals surface area contributed by atoms with Gasteiger partial charge in [0, 0.05) is 19.0 Å². The summed E-state index contributed by atoms with van der Waals surface area (Å²) < 4.78 is 12.3. The van der Waals surface area contributed by atoms with Crippen molar-refractivity contribution in [1.29, 1.82) is 0 Å². The second kappa shape index (κ2) is 9.84. The first kappa shape index (κ1) is 21.8. The Bertz CT molecular complexity index is 1170. The van der Waals surface area contributed by atoms with E-state index in [2.05, 4.69) is 34.2 Å². The first-order valence-electron chi connectivity index (χ1n) is 11.4. The van der Waals surface area contributed by atoms with Gasteiger partial charge < -0.3 is 13.7 Å². The third kappa shape index (κ3) is 4.99. The number of para-hydroxylation sites is 1. The Morgan fingerprint density at radius 2 is 2.15 bits per heavy atom. The van der Waals surface area contributed by atoms with Crippen molar-refractivity contribution in [3.63, 3.8) is 0 Å². The number of carbonyl (C=O) groups excluding carboxylic acids is 1. The zero-order valence-electron chi connectivity index (χ0n) is 18.6. The highest BCUT2D eigenvalue weighted by atomic mass is 32.1. The molecule has 9 heteroatoms. The molecule has 1 saturated heterocycles. The molecule has 1 fully saturated rings.